The Morgan fingerprint density at radius 1 is 1.10 bits per heavy atom. The molecule has 0 heterocycles. The van der Waals surface area contributed by atoms with E-state index < -0.39 is 11.9 Å². The van der Waals surface area contributed by atoms with Crippen molar-refractivity contribution in [3.05, 3.63) is 65.5 Å². The minimum absolute atomic E-state index is 0.0957. The molecule has 30 heavy (non-hydrogen) atoms. The minimum Gasteiger partial charge on any atom is -0.497 e. The predicted molar refractivity (Wildman–Crippen MR) is 116 cm³/mol. The zero-order valence-corrected chi connectivity index (χ0v) is 18.0. The van der Waals surface area contributed by atoms with Crippen LogP contribution in [0.5, 0.6) is 5.75 Å². The van der Waals surface area contributed by atoms with Gasteiger partial charge in [-0.2, -0.15) is 0 Å². The lowest BCUT2D eigenvalue weighted by atomic mass is 10.1. The lowest BCUT2D eigenvalue weighted by molar-refractivity contribution is -0.141. The second kappa shape index (κ2) is 12.0. The molecule has 2 aromatic rings. The third kappa shape index (κ3) is 6.58. The summed E-state index contributed by atoms with van der Waals surface area (Å²) in [6, 6.07) is 13.0. The summed E-state index contributed by atoms with van der Waals surface area (Å²) in [5, 5.41) is 2.92. The Hall–Kier alpha value is -2.89. The topological polar surface area (TPSA) is 58.6 Å². The second-order valence-corrected chi connectivity index (χ2v) is 7.21. The van der Waals surface area contributed by atoms with Crippen molar-refractivity contribution in [2.45, 2.75) is 52.1 Å². The smallest absolute Gasteiger partial charge is 0.242 e. The number of nitrogens with one attached hydrogen (secondary N) is 1. The molecule has 0 radical (unpaired) electrons. The van der Waals surface area contributed by atoms with Gasteiger partial charge in [0, 0.05) is 13.1 Å². The number of benzene rings is 2. The minimum atomic E-state index is -0.622. The van der Waals surface area contributed by atoms with E-state index in [0.29, 0.717) is 24.3 Å². The highest BCUT2D eigenvalue weighted by atomic mass is 19.1. The summed E-state index contributed by atoms with van der Waals surface area (Å²) in [7, 11) is 1.59. The van der Waals surface area contributed by atoms with Gasteiger partial charge in [0.15, 0.2) is 0 Å². The molecule has 0 saturated carbocycles. The summed E-state index contributed by atoms with van der Waals surface area (Å²) in [6.07, 6.45) is 2.22. The van der Waals surface area contributed by atoms with Crippen LogP contribution in [-0.4, -0.2) is 36.4 Å². The first kappa shape index (κ1) is 23.4. The van der Waals surface area contributed by atoms with Crippen LogP contribution in [0.15, 0.2) is 48.5 Å². The number of rotatable bonds is 11. The van der Waals surface area contributed by atoms with Crippen LogP contribution in [0, 0.1) is 5.82 Å². The Labute approximate surface area is 178 Å². The third-order valence-corrected chi connectivity index (χ3v) is 5.03. The maximum Gasteiger partial charge on any atom is 0.242 e. The Morgan fingerprint density at radius 2 is 1.80 bits per heavy atom. The number of hydrogen-bond acceptors (Lipinski definition) is 3. The van der Waals surface area contributed by atoms with Gasteiger partial charge in [0.1, 0.15) is 17.6 Å². The van der Waals surface area contributed by atoms with E-state index in [1.807, 2.05) is 31.2 Å². The molecule has 0 fully saturated rings. The highest BCUT2D eigenvalue weighted by molar-refractivity contribution is 5.88. The van der Waals surface area contributed by atoms with Crippen LogP contribution in [0.25, 0.3) is 0 Å². The number of carbonyl (C=O) groups excluding carboxylic acids is 2. The molecule has 0 aliphatic rings. The van der Waals surface area contributed by atoms with Crippen molar-refractivity contribution in [2.75, 3.05) is 13.7 Å². The number of nitrogens with zero attached hydrogens (tertiary/aromatic N) is 1. The summed E-state index contributed by atoms with van der Waals surface area (Å²) in [5.41, 5.74) is 1.20. The van der Waals surface area contributed by atoms with Crippen molar-refractivity contribution in [1.29, 1.82) is 0 Å². The highest BCUT2D eigenvalue weighted by Crippen LogP contribution is 2.18. The second-order valence-electron chi connectivity index (χ2n) is 7.21. The lowest BCUT2D eigenvalue weighted by Crippen LogP contribution is -2.49. The van der Waals surface area contributed by atoms with Crippen LogP contribution in [0.1, 0.15) is 44.2 Å². The van der Waals surface area contributed by atoms with Crippen molar-refractivity contribution in [2.24, 2.45) is 0 Å². The van der Waals surface area contributed by atoms with E-state index in [9.17, 15) is 14.0 Å². The van der Waals surface area contributed by atoms with Gasteiger partial charge in [-0.05, 0) is 42.2 Å². The van der Waals surface area contributed by atoms with Gasteiger partial charge in [-0.1, -0.05) is 50.6 Å². The van der Waals surface area contributed by atoms with Gasteiger partial charge in [0.05, 0.1) is 13.5 Å². The summed E-state index contributed by atoms with van der Waals surface area (Å²) in [6.45, 7) is 4.76. The van der Waals surface area contributed by atoms with E-state index in [4.69, 9.17) is 4.74 Å². The molecule has 1 N–H and O–H groups in total. The van der Waals surface area contributed by atoms with E-state index >= 15 is 0 Å². The fraction of sp³-hybridized carbons (Fsp3) is 0.417. The molecular weight excluding hydrogens is 383 g/mol. The van der Waals surface area contributed by atoms with Gasteiger partial charge < -0.3 is 15.0 Å². The fourth-order valence-corrected chi connectivity index (χ4v) is 3.26. The first-order chi connectivity index (χ1) is 14.5. The van der Waals surface area contributed by atoms with E-state index in [1.165, 1.54) is 6.07 Å². The molecule has 0 aliphatic carbocycles. The number of hydrogen-bond donors (Lipinski definition) is 1. The number of methoxy groups -OCH3 is 1. The Kier molecular flexibility index (Phi) is 9.32. The van der Waals surface area contributed by atoms with Crippen LogP contribution in [0.3, 0.4) is 0 Å². The average molecular weight is 415 g/mol. The van der Waals surface area contributed by atoms with Crippen LogP contribution in [0.2, 0.25) is 0 Å². The Morgan fingerprint density at radius 3 is 2.40 bits per heavy atom. The van der Waals surface area contributed by atoms with E-state index in [0.717, 1.165) is 18.4 Å². The molecule has 5 nitrogen and oxygen atoms in total. The van der Waals surface area contributed by atoms with Crippen LogP contribution < -0.4 is 10.1 Å². The summed E-state index contributed by atoms with van der Waals surface area (Å²) in [5.74, 6) is -0.169. The standard InChI is InChI=1S/C24H31FN2O3/c1-4-6-15-26-24(29)22(5-2)27(17-18-11-13-20(30-3)14-12-18)23(28)16-19-9-7-8-10-21(19)25/h7-14,22H,4-6,15-17H2,1-3H3,(H,26,29)/t22-/m1/s1. The Bertz CT molecular complexity index is 823. The first-order valence-corrected chi connectivity index (χ1v) is 10.4. The molecule has 0 spiro atoms. The fourth-order valence-electron chi connectivity index (χ4n) is 3.26. The molecule has 0 bridgehead atoms. The van der Waals surface area contributed by atoms with Gasteiger partial charge >= 0.3 is 0 Å². The molecule has 0 aromatic heterocycles. The summed E-state index contributed by atoms with van der Waals surface area (Å²) in [4.78, 5) is 27.5. The molecule has 2 amide bonds. The highest BCUT2D eigenvalue weighted by Gasteiger charge is 2.28. The third-order valence-electron chi connectivity index (χ3n) is 5.03. The summed E-state index contributed by atoms with van der Waals surface area (Å²) >= 11 is 0. The zero-order chi connectivity index (χ0) is 21.9. The summed E-state index contributed by atoms with van der Waals surface area (Å²) < 4.78 is 19.3. The number of carbonyl (C=O) groups is 2. The van der Waals surface area contributed by atoms with Crippen molar-refractivity contribution >= 4 is 11.8 Å². The molecule has 0 unspecified atom stereocenters. The maximum atomic E-state index is 14.1. The zero-order valence-electron chi connectivity index (χ0n) is 18.0. The lowest BCUT2D eigenvalue weighted by Gasteiger charge is -2.31. The normalized spacial score (nSPS) is 11.6. The molecule has 2 aromatic carbocycles. The number of halogens is 1. The van der Waals surface area contributed by atoms with Crippen molar-refractivity contribution < 1.29 is 18.7 Å². The van der Waals surface area contributed by atoms with Crippen molar-refractivity contribution in [3.63, 3.8) is 0 Å². The number of ether oxygens (including phenoxy) is 1. The van der Waals surface area contributed by atoms with Gasteiger partial charge in [-0.25, -0.2) is 4.39 Å². The van der Waals surface area contributed by atoms with E-state index in [1.54, 1.807) is 30.2 Å². The SMILES string of the molecule is CCCCNC(=O)[C@@H](CC)N(Cc1ccc(OC)cc1)C(=O)Cc1ccccc1F. The molecule has 6 heteroatoms. The molecule has 0 aliphatic heterocycles. The molecule has 162 valence electrons. The largest absolute Gasteiger partial charge is 0.497 e. The molecular formula is C24H31FN2O3. The number of amides is 2. The molecule has 1 atom stereocenters. The van der Waals surface area contributed by atoms with Gasteiger partial charge in [0.2, 0.25) is 11.8 Å². The van der Waals surface area contributed by atoms with Gasteiger partial charge in [0.25, 0.3) is 0 Å². The van der Waals surface area contributed by atoms with Crippen LogP contribution in [-0.2, 0) is 22.6 Å². The van der Waals surface area contributed by atoms with Gasteiger partial charge in [-0.15, -0.1) is 0 Å². The van der Waals surface area contributed by atoms with E-state index in [2.05, 4.69) is 12.2 Å². The molecule has 0 saturated heterocycles. The van der Waals surface area contributed by atoms with Crippen LogP contribution >= 0.6 is 0 Å². The predicted octanol–water partition coefficient (Wildman–Crippen LogP) is 4.10. The quantitative estimate of drug-likeness (QED) is 0.563. The van der Waals surface area contributed by atoms with Crippen molar-refractivity contribution in [1.82, 2.24) is 10.2 Å². The van der Waals surface area contributed by atoms with E-state index in [-0.39, 0.29) is 24.8 Å². The Balaban J connectivity index is 2.25. The van der Waals surface area contributed by atoms with Crippen molar-refractivity contribution in [3.8, 4) is 5.75 Å². The monoisotopic (exact) mass is 414 g/mol. The maximum absolute atomic E-state index is 14.1. The number of unbranched alkanes of at least 4 members (excludes halogenated alkanes) is 1. The average Bonchev–Trinajstić information content (AvgIpc) is 2.75. The van der Waals surface area contributed by atoms with Gasteiger partial charge in [-0.3, -0.25) is 9.59 Å². The van der Waals surface area contributed by atoms with Crippen LogP contribution in [0.4, 0.5) is 4.39 Å². The molecule has 2 rings (SSSR count). The first-order valence-electron chi connectivity index (χ1n) is 10.4.